The van der Waals surface area contributed by atoms with Crippen molar-refractivity contribution in [3.8, 4) is 11.5 Å². The molecule has 0 saturated heterocycles. The van der Waals surface area contributed by atoms with Gasteiger partial charge in [-0.05, 0) is 29.7 Å². The number of aromatic amines is 1. The third-order valence-corrected chi connectivity index (χ3v) is 5.13. The van der Waals surface area contributed by atoms with Crippen LogP contribution in [0.2, 0.25) is 0 Å². The zero-order chi connectivity index (χ0) is 21.3. The van der Waals surface area contributed by atoms with Gasteiger partial charge in [0.1, 0.15) is 18.0 Å². The lowest BCUT2D eigenvalue weighted by atomic mass is 9.93. The summed E-state index contributed by atoms with van der Waals surface area (Å²) in [5.74, 6) is 0.421. The number of rotatable bonds is 5. The maximum Gasteiger partial charge on any atom is 0.289 e. The average Bonchev–Trinajstić information content (AvgIpc) is 3.17. The lowest BCUT2D eigenvalue weighted by molar-refractivity contribution is 0.0706. The summed E-state index contributed by atoms with van der Waals surface area (Å²) in [5, 5.41) is 13.2. The highest BCUT2D eigenvalue weighted by molar-refractivity contribution is 5.89. The number of aromatic nitrogens is 2. The Morgan fingerprint density at radius 3 is 2.83 bits per heavy atom. The molecule has 1 aliphatic heterocycles. The maximum absolute atomic E-state index is 14.8. The molecule has 3 heterocycles. The number of aliphatic hydroxyl groups is 1. The molecule has 7 nitrogen and oxygen atoms in total. The number of aliphatic hydroxyl groups excluding tert-OH is 1. The summed E-state index contributed by atoms with van der Waals surface area (Å²) in [6.45, 7) is 6.82. The molecule has 0 radical (unpaired) electrons. The number of ether oxygens (including phenoxy) is 2. The van der Waals surface area contributed by atoms with Crippen molar-refractivity contribution in [1.29, 1.82) is 0 Å². The molecule has 2 aromatic heterocycles. The highest BCUT2D eigenvalue weighted by atomic mass is 19.1. The first-order valence-electron chi connectivity index (χ1n) is 9.87. The first-order valence-corrected chi connectivity index (χ1v) is 9.87. The molecule has 0 fully saturated rings. The second-order valence-electron chi connectivity index (χ2n) is 8.18. The SMILES string of the molecule is CC(C)c1c[nH]c2nccc(Oc3ccc(NC4=NCC(C)(CO)CO4)cc3F)c12. The molecule has 1 aliphatic rings. The number of amidine groups is 1. The molecule has 3 N–H and O–H groups in total. The molecule has 1 aromatic carbocycles. The van der Waals surface area contributed by atoms with Gasteiger partial charge in [-0.2, -0.15) is 0 Å². The van der Waals surface area contributed by atoms with Gasteiger partial charge in [-0.25, -0.2) is 14.4 Å². The number of nitrogens with one attached hydrogen (secondary N) is 2. The number of H-pyrrole nitrogens is 1. The Bertz CT molecular complexity index is 1100. The van der Waals surface area contributed by atoms with Crippen molar-refractivity contribution in [3.63, 3.8) is 0 Å². The van der Waals surface area contributed by atoms with E-state index in [9.17, 15) is 9.50 Å². The molecule has 1 atom stereocenters. The van der Waals surface area contributed by atoms with E-state index in [1.165, 1.54) is 6.07 Å². The molecular weight excluding hydrogens is 387 g/mol. The number of hydrogen-bond donors (Lipinski definition) is 3. The van der Waals surface area contributed by atoms with Crippen molar-refractivity contribution in [3.05, 3.63) is 48.0 Å². The van der Waals surface area contributed by atoms with Gasteiger partial charge >= 0.3 is 0 Å². The summed E-state index contributed by atoms with van der Waals surface area (Å²) in [6, 6.07) is 6.63. The predicted molar refractivity (Wildman–Crippen MR) is 114 cm³/mol. The molecule has 30 heavy (non-hydrogen) atoms. The Labute approximate surface area is 174 Å². The highest BCUT2D eigenvalue weighted by Crippen LogP contribution is 2.35. The standard InChI is InChI=1S/C22H25FN4O3/c1-13(2)15-9-25-20-19(15)18(6-7-24-20)30-17-5-4-14(8-16(17)23)27-21-26-10-22(3,11-28)12-29-21/h4-9,13,28H,10-12H2,1-3H3,(H,24,25)(H,26,27). The third-order valence-electron chi connectivity index (χ3n) is 5.13. The van der Waals surface area contributed by atoms with Gasteiger partial charge in [0.25, 0.3) is 6.02 Å². The fourth-order valence-corrected chi connectivity index (χ4v) is 3.26. The monoisotopic (exact) mass is 412 g/mol. The summed E-state index contributed by atoms with van der Waals surface area (Å²) in [5.41, 5.74) is 1.87. The smallest absolute Gasteiger partial charge is 0.289 e. The molecular formula is C22H25FN4O3. The van der Waals surface area contributed by atoms with Gasteiger partial charge in [-0.1, -0.05) is 20.8 Å². The summed E-state index contributed by atoms with van der Waals surface area (Å²) >= 11 is 0. The van der Waals surface area contributed by atoms with E-state index in [1.54, 1.807) is 24.4 Å². The molecule has 158 valence electrons. The second kappa shape index (κ2) is 7.95. The second-order valence-corrected chi connectivity index (χ2v) is 8.18. The van der Waals surface area contributed by atoms with Crippen LogP contribution in [0.15, 0.2) is 41.7 Å². The summed E-state index contributed by atoms with van der Waals surface area (Å²) in [4.78, 5) is 11.7. The van der Waals surface area contributed by atoms with Crippen LogP contribution in [0.3, 0.4) is 0 Å². The van der Waals surface area contributed by atoms with Crippen LogP contribution in [-0.4, -0.2) is 40.9 Å². The quantitative estimate of drug-likeness (QED) is 0.577. The predicted octanol–water partition coefficient (Wildman–Crippen LogP) is 4.41. The molecule has 0 saturated carbocycles. The molecule has 0 amide bonds. The topological polar surface area (TPSA) is 91.8 Å². The highest BCUT2D eigenvalue weighted by Gasteiger charge is 2.29. The lowest BCUT2D eigenvalue weighted by Gasteiger charge is -2.30. The van der Waals surface area contributed by atoms with E-state index in [0.29, 0.717) is 36.3 Å². The first kappa shape index (κ1) is 20.2. The number of benzene rings is 1. The maximum atomic E-state index is 14.8. The van der Waals surface area contributed by atoms with Crippen molar-refractivity contribution in [2.45, 2.75) is 26.7 Å². The Morgan fingerprint density at radius 1 is 1.33 bits per heavy atom. The number of aliphatic imine (C=N–C) groups is 1. The summed E-state index contributed by atoms with van der Waals surface area (Å²) in [7, 11) is 0. The normalized spacial score (nSPS) is 18.9. The molecule has 3 aromatic rings. The lowest BCUT2D eigenvalue weighted by Crippen LogP contribution is -2.38. The number of hydrogen-bond acceptors (Lipinski definition) is 6. The van der Waals surface area contributed by atoms with Gasteiger partial charge in [0.15, 0.2) is 11.6 Å². The number of fused-ring (bicyclic) bond motifs is 1. The average molecular weight is 412 g/mol. The first-order chi connectivity index (χ1) is 14.4. The zero-order valence-corrected chi connectivity index (χ0v) is 17.2. The number of pyridine rings is 1. The van der Waals surface area contributed by atoms with Crippen LogP contribution in [0, 0.1) is 11.2 Å². The molecule has 0 aliphatic carbocycles. The number of nitrogens with zero attached hydrogens (tertiary/aromatic N) is 2. The van der Waals surface area contributed by atoms with Crippen LogP contribution in [0.1, 0.15) is 32.3 Å². The Morgan fingerprint density at radius 2 is 2.17 bits per heavy atom. The van der Waals surface area contributed by atoms with Gasteiger partial charge in [-0.15, -0.1) is 0 Å². The van der Waals surface area contributed by atoms with E-state index in [-0.39, 0.29) is 18.3 Å². The fraction of sp³-hybridized carbons (Fsp3) is 0.364. The van der Waals surface area contributed by atoms with Crippen LogP contribution in [0.4, 0.5) is 10.1 Å². The van der Waals surface area contributed by atoms with Crippen LogP contribution in [0.5, 0.6) is 11.5 Å². The van der Waals surface area contributed by atoms with Gasteiger partial charge < -0.3 is 24.9 Å². The third kappa shape index (κ3) is 3.95. The van der Waals surface area contributed by atoms with Crippen LogP contribution in [-0.2, 0) is 4.74 Å². The van der Waals surface area contributed by atoms with Gasteiger partial charge in [0.2, 0.25) is 0 Å². The van der Waals surface area contributed by atoms with Gasteiger partial charge in [0, 0.05) is 29.6 Å². The minimum absolute atomic E-state index is 0.00756. The zero-order valence-electron chi connectivity index (χ0n) is 17.2. The summed E-state index contributed by atoms with van der Waals surface area (Å²) in [6.07, 6.45) is 3.54. The summed E-state index contributed by atoms with van der Waals surface area (Å²) < 4.78 is 26.2. The number of anilines is 1. The van der Waals surface area contributed by atoms with Gasteiger partial charge in [0.05, 0.1) is 18.5 Å². The van der Waals surface area contributed by atoms with E-state index in [1.807, 2.05) is 13.1 Å². The van der Waals surface area contributed by atoms with E-state index in [4.69, 9.17) is 9.47 Å². The Kier molecular flexibility index (Phi) is 5.34. The molecule has 0 bridgehead atoms. The van der Waals surface area contributed by atoms with Crippen molar-refractivity contribution in [2.75, 3.05) is 25.1 Å². The van der Waals surface area contributed by atoms with Crippen molar-refractivity contribution < 1.29 is 19.0 Å². The Balaban J connectivity index is 1.54. The van der Waals surface area contributed by atoms with Gasteiger partial charge in [-0.3, -0.25) is 0 Å². The van der Waals surface area contributed by atoms with Crippen molar-refractivity contribution >= 4 is 22.7 Å². The van der Waals surface area contributed by atoms with Crippen LogP contribution >= 0.6 is 0 Å². The minimum atomic E-state index is -0.511. The minimum Gasteiger partial charge on any atom is -0.464 e. The Hall–Kier alpha value is -3.13. The van der Waals surface area contributed by atoms with Crippen LogP contribution in [0.25, 0.3) is 11.0 Å². The molecule has 4 rings (SSSR count). The molecule has 8 heteroatoms. The van der Waals surface area contributed by atoms with E-state index >= 15 is 0 Å². The largest absolute Gasteiger partial charge is 0.464 e. The van der Waals surface area contributed by atoms with Crippen molar-refractivity contribution in [1.82, 2.24) is 9.97 Å². The van der Waals surface area contributed by atoms with E-state index in [0.717, 1.165) is 10.9 Å². The fourth-order valence-electron chi connectivity index (χ4n) is 3.26. The number of halogens is 1. The van der Waals surface area contributed by atoms with Crippen molar-refractivity contribution in [2.24, 2.45) is 10.4 Å². The van der Waals surface area contributed by atoms with E-state index in [2.05, 4.69) is 34.1 Å². The molecule has 1 unspecified atom stereocenters. The van der Waals surface area contributed by atoms with Crippen LogP contribution < -0.4 is 10.1 Å². The van der Waals surface area contributed by atoms with E-state index < -0.39 is 11.2 Å². The molecule has 0 spiro atoms.